The molecule has 5 aromatic carbocycles. The third kappa shape index (κ3) is 30.5. The van der Waals surface area contributed by atoms with Crippen LogP contribution in [0.5, 0.6) is 0 Å². The standard InChI is InChI=1S/C44H37BN4O2.S38/c1-43(2)44(3,4)51-45(50-43)38-24-21-32(22-25-38)39-26-23-37(29-46-39)42-48-40(35-19-11-17-33(27-35)30-13-7-5-8-14-30)47-41(49-42)36-20-12-18-34(28-36)31-15-9-6-10-16-31;1-3-5-7-9-11-13-15-17-19-21-23-25-27-29-31-33-35-37-38-36-34-32-30-28-26-24-22-20-18-16-14-12-10-8-6-4-2/h5-29H,1-4H3;. The molecule has 1 aliphatic rings. The molecule has 0 bridgehead atoms. The summed E-state index contributed by atoms with van der Waals surface area (Å²) in [6.07, 6.45) is 1.83. The molecule has 8 rings (SSSR count). The summed E-state index contributed by atoms with van der Waals surface area (Å²) in [5.41, 5.74) is 9.12. The molecular formula is C44H37BN4O2S38. The van der Waals surface area contributed by atoms with Crippen molar-refractivity contribution in [3.8, 4) is 67.7 Å². The van der Waals surface area contributed by atoms with Gasteiger partial charge < -0.3 is 9.31 Å². The maximum atomic E-state index is 6.24. The van der Waals surface area contributed by atoms with Crippen LogP contribution >= 0.6 is 0 Å². The van der Waals surface area contributed by atoms with Crippen molar-refractivity contribution in [3.05, 3.63) is 152 Å². The molecule has 0 saturated carbocycles. The lowest BCUT2D eigenvalue weighted by Crippen LogP contribution is -2.41. The molecule has 0 N–H and O–H groups in total. The summed E-state index contributed by atoms with van der Waals surface area (Å²) in [5, 5.41) is 0. The van der Waals surface area contributed by atoms with Gasteiger partial charge in [-0.1, -0.05) is 121 Å². The average Bonchev–Trinajstić information content (AvgIpc) is 2.00. The summed E-state index contributed by atoms with van der Waals surface area (Å²) in [6.45, 7) is 8.26. The van der Waals surface area contributed by atoms with Gasteiger partial charge in [-0.05, 0) is 79.7 Å². The molecule has 476 valence electrons. The fourth-order valence-corrected chi connectivity index (χ4v) is 99.9. The van der Waals surface area contributed by atoms with Crippen molar-refractivity contribution in [3.63, 3.8) is 0 Å². The summed E-state index contributed by atoms with van der Waals surface area (Å²) >= 11 is 9.60. The fraction of sp³-hybridized carbons (Fsp3) is 0.136. The van der Waals surface area contributed by atoms with E-state index in [4.69, 9.17) is 51.6 Å². The van der Waals surface area contributed by atoms with Crippen molar-refractivity contribution < 1.29 is 9.31 Å². The topological polar surface area (TPSA) is 70.0 Å². The van der Waals surface area contributed by atoms with Gasteiger partial charge >= 0.3 is 7.12 Å². The lowest BCUT2D eigenvalue weighted by Gasteiger charge is -2.32. The number of rotatable bonds is 7. The van der Waals surface area contributed by atoms with Crippen LogP contribution in [0.4, 0.5) is 0 Å². The first kappa shape index (κ1) is 78.9. The molecule has 0 amide bonds. The first-order valence-corrected chi connectivity index (χ1v) is 72.7. The highest BCUT2D eigenvalue weighted by Crippen LogP contribution is 2.37. The van der Waals surface area contributed by atoms with E-state index in [9.17, 15) is 0 Å². The number of hydrogen-bond acceptors (Lipinski definition) is 8. The average molecular weight is 1880 g/mol. The van der Waals surface area contributed by atoms with Crippen LogP contribution in [0.3, 0.4) is 0 Å². The van der Waals surface area contributed by atoms with E-state index < -0.39 is 18.3 Å². The molecule has 89 heavy (non-hydrogen) atoms. The van der Waals surface area contributed by atoms with E-state index in [0.29, 0.717) is 17.5 Å². The molecule has 7 aromatic rings. The second-order valence-electron chi connectivity index (χ2n) is 16.3. The zero-order valence-corrected chi connectivity index (χ0v) is 75.7. The van der Waals surface area contributed by atoms with Crippen LogP contribution < -0.4 is 5.46 Å². The van der Waals surface area contributed by atoms with Crippen LogP contribution in [0.15, 0.2) is 152 Å². The Bertz CT molecular complexity index is 5220. The first-order valence-electron chi connectivity index (χ1n) is 23.4. The van der Waals surface area contributed by atoms with Crippen LogP contribution in [0.2, 0.25) is 0 Å². The van der Waals surface area contributed by atoms with Crippen LogP contribution in [-0.4, -0.2) is 38.3 Å². The second kappa shape index (κ2) is 47.6. The number of aromatic nitrogens is 4. The second-order valence-corrected chi connectivity index (χ2v) is 80.0. The van der Waals surface area contributed by atoms with Crippen LogP contribution in [0.1, 0.15) is 27.7 Å². The largest absolute Gasteiger partial charge is 0.494 e. The minimum atomic E-state index is -0.409. The van der Waals surface area contributed by atoms with Gasteiger partial charge in [-0.15, -0.1) is 0 Å². The Morgan fingerprint density at radius 3 is 0.876 bits per heavy atom. The van der Waals surface area contributed by atoms with Crippen LogP contribution in [0.25, 0.3) is 67.7 Å². The molecule has 1 saturated heterocycles. The molecule has 1 aliphatic heterocycles. The molecule has 0 radical (unpaired) electrons. The number of hydrogen-bond donors (Lipinski definition) is 0. The van der Waals surface area contributed by atoms with Crippen molar-refractivity contribution in [2.75, 3.05) is 0 Å². The first-order chi connectivity index (χ1) is 43.6. The van der Waals surface area contributed by atoms with Crippen molar-refractivity contribution in [2.45, 2.75) is 38.9 Å². The highest BCUT2D eigenvalue weighted by molar-refractivity contribution is 8.81. The quantitative estimate of drug-likeness (QED) is 0.146. The maximum absolute atomic E-state index is 6.24. The molecule has 0 spiro atoms. The smallest absolute Gasteiger partial charge is 0.399 e. The Labute approximate surface area is 630 Å². The van der Waals surface area contributed by atoms with E-state index >= 15 is 0 Å². The highest BCUT2D eigenvalue weighted by atomic mass is 33.5. The molecule has 0 unspecified atom stereocenters. The molecule has 1 fully saturated rings. The van der Waals surface area contributed by atoms with E-state index in [-0.39, 0.29) is 0 Å². The van der Waals surface area contributed by atoms with E-state index in [2.05, 4.69) is 88.4 Å². The van der Waals surface area contributed by atoms with Gasteiger partial charge in [0.25, 0.3) is 0 Å². The SMILES string of the molecule is CC1(C)OB(c2ccc(-c3ccc(-c4nc(-c5cccc(-c6ccccc6)c5)nc(-c5cccc(-c6ccccc6)c5)n4)cn3)cc2)OC1(C)C.S=S=S=S=S=S=S=S=S=S=S=S=S=S=S=S=S=S=S=S=S=S=S=S=S=S=S=S=S=S=S=S=S=S=S=S=S=S. The third-order valence-electron chi connectivity index (χ3n) is 10.8. The predicted molar refractivity (Wildman–Crippen MR) is 486 cm³/mol. The van der Waals surface area contributed by atoms with Crippen molar-refractivity contribution >= 4 is 355 Å². The van der Waals surface area contributed by atoms with E-state index in [1.807, 2.05) is 286 Å². The normalized spacial score (nSPS) is 11.8. The minimum Gasteiger partial charge on any atom is -0.399 e. The summed E-state index contributed by atoms with van der Waals surface area (Å²) in [7, 11) is 63.3. The fourth-order valence-electron chi connectivity index (χ4n) is 6.57. The van der Waals surface area contributed by atoms with Gasteiger partial charge in [-0.3, -0.25) is 4.98 Å². The molecule has 2 aromatic heterocycles. The summed E-state index contributed by atoms with van der Waals surface area (Å²) in [5.74, 6) is 1.75. The summed E-state index contributed by atoms with van der Waals surface area (Å²) in [4.78, 5) is 19.9. The monoisotopic (exact) mass is 1880 g/mol. The van der Waals surface area contributed by atoms with Gasteiger partial charge in [0, 0.05) is 371 Å². The predicted octanol–water partition coefficient (Wildman–Crippen LogP) is 9.48. The zero-order chi connectivity index (χ0) is 62.5. The number of pyridine rings is 1. The molecule has 0 aliphatic carbocycles. The summed E-state index contributed by atoms with van der Waals surface area (Å²) < 4.78 is 12.5. The number of benzene rings is 5. The van der Waals surface area contributed by atoms with Gasteiger partial charge in [0.1, 0.15) is 0 Å². The van der Waals surface area contributed by atoms with E-state index in [1.54, 1.807) is 107 Å². The molecule has 6 nitrogen and oxygen atoms in total. The maximum Gasteiger partial charge on any atom is 0.494 e. The molecule has 3 heterocycles. The van der Waals surface area contributed by atoms with Gasteiger partial charge in [0.2, 0.25) is 0 Å². The van der Waals surface area contributed by atoms with Crippen molar-refractivity contribution in [1.82, 2.24) is 19.9 Å². The van der Waals surface area contributed by atoms with Gasteiger partial charge in [0.05, 0.1) is 16.9 Å². The zero-order valence-electron chi connectivity index (χ0n) is 44.6. The van der Waals surface area contributed by atoms with Gasteiger partial charge in [0.15, 0.2) is 17.5 Å². The Balaban J connectivity index is 0.000000267. The Kier molecular flexibility index (Phi) is 42.2. The molecular weight excluding hydrogens is 1850 g/mol. The van der Waals surface area contributed by atoms with Crippen molar-refractivity contribution in [1.29, 1.82) is 0 Å². The summed E-state index contributed by atoms with van der Waals surface area (Å²) in [6, 6.07) is 49.6. The molecule has 0 atom stereocenters. The van der Waals surface area contributed by atoms with E-state index in [0.717, 1.165) is 55.7 Å². The lowest BCUT2D eigenvalue weighted by molar-refractivity contribution is 0.00578. The van der Waals surface area contributed by atoms with Crippen LogP contribution in [0, 0.1) is 0 Å². The lowest BCUT2D eigenvalue weighted by atomic mass is 9.79. The molecule has 45 heteroatoms. The van der Waals surface area contributed by atoms with E-state index in [1.165, 1.54) is 17.8 Å². The highest BCUT2D eigenvalue weighted by Gasteiger charge is 2.51. The Morgan fingerprint density at radius 1 is 0.292 bits per heavy atom. The third-order valence-corrected chi connectivity index (χ3v) is 88.6. The van der Waals surface area contributed by atoms with Crippen LogP contribution in [-0.2, 0) is 351 Å². The Hall–Kier alpha value is 2.60. The van der Waals surface area contributed by atoms with Crippen molar-refractivity contribution in [2.24, 2.45) is 0 Å². The van der Waals surface area contributed by atoms with Gasteiger partial charge in [-0.25, -0.2) is 15.0 Å². The Morgan fingerprint density at radius 2 is 0.573 bits per heavy atom. The minimum absolute atomic E-state index is 0.391. The number of nitrogens with zero attached hydrogens (tertiary/aromatic N) is 4. The van der Waals surface area contributed by atoms with Gasteiger partial charge in [-0.2, -0.15) is 0 Å².